The first-order chi connectivity index (χ1) is 13.6. The van der Waals surface area contributed by atoms with Gasteiger partial charge in [-0.2, -0.15) is 0 Å². The zero-order valence-electron chi connectivity index (χ0n) is 15.6. The van der Waals surface area contributed by atoms with Crippen LogP contribution in [-0.2, 0) is 11.3 Å². The van der Waals surface area contributed by atoms with Crippen molar-refractivity contribution in [3.63, 3.8) is 0 Å². The molecule has 1 aromatic carbocycles. The van der Waals surface area contributed by atoms with Crippen molar-refractivity contribution in [1.82, 2.24) is 20.1 Å². The molecule has 0 spiro atoms. The van der Waals surface area contributed by atoms with Gasteiger partial charge in [0.15, 0.2) is 0 Å². The maximum Gasteiger partial charge on any atom is 0.289 e. The van der Waals surface area contributed by atoms with Crippen LogP contribution < -0.4 is 5.32 Å². The maximum atomic E-state index is 13.2. The standard InChI is InChI=1S/C20H20N4O3S.ClH/c25-18-13-28-20(27)24(18)12-14-3-1-4-15(9-14)19(26)23-8-7-22-11-17(23)16-5-2-6-21-10-16;/h1-6,9-10,17,22H,7-8,11-13H2;1H. The van der Waals surface area contributed by atoms with Crippen LogP contribution >= 0.6 is 24.2 Å². The monoisotopic (exact) mass is 432 g/mol. The third-order valence-corrected chi connectivity index (χ3v) is 5.79. The molecule has 0 bridgehead atoms. The molecule has 0 radical (unpaired) electrons. The Labute approximate surface area is 179 Å². The zero-order chi connectivity index (χ0) is 19.5. The van der Waals surface area contributed by atoms with Crippen LogP contribution in [0.3, 0.4) is 0 Å². The number of halogens is 1. The van der Waals surface area contributed by atoms with E-state index in [1.54, 1.807) is 30.6 Å². The molecule has 3 amide bonds. The Hall–Kier alpha value is -2.42. The molecule has 4 rings (SSSR count). The summed E-state index contributed by atoms with van der Waals surface area (Å²) in [7, 11) is 0. The third-order valence-electron chi connectivity index (χ3n) is 4.93. The second-order valence-corrected chi connectivity index (χ2v) is 7.67. The predicted molar refractivity (Wildman–Crippen MR) is 113 cm³/mol. The van der Waals surface area contributed by atoms with Crippen LogP contribution in [0.2, 0.25) is 0 Å². The molecule has 1 N–H and O–H groups in total. The number of hydrogen-bond donors (Lipinski definition) is 1. The Bertz CT molecular complexity index is 896. The predicted octanol–water partition coefficient (Wildman–Crippen LogP) is 2.49. The molecule has 1 unspecified atom stereocenters. The average molecular weight is 433 g/mol. The van der Waals surface area contributed by atoms with E-state index >= 15 is 0 Å². The number of nitrogens with zero attached hydrogens (tertiary/aromatic N) is 3. The number of aromatic nitrogens is 1. The quantitative estimate of drug-likeness (QED) is 0.799. The maximum absolute atomic E-state index is 13.2. The summed E-state index contributed by atoms with van der Waals surface area (Å²) in [5.41, 5.74) is 2.31. The minimum Gasteiger partial charge on any atom is -0.329 e. The molecule has 7 nitrogen and oxygen atoms in total. The Morgan fingerprint density at radius 2 is 2.10 bits per heavy atom. The van der Waals surface area contributed by atoms with E-state index in [0.717, 1.165) is 29.4 Å². The largest absolute Gasteiger partial charge is 0.329 e. The van der Waals surface area contributed by atoms with Gasteiger partial charge in [-0.05, 0) is 29.3 Å². The van der Waals surface area contributed by atoms with Gasteiger partial charge in [-0.1, -0.05) is 30.0 Å². The molecule has 1 atom stereocenters. The van der Waals surface area contributed by atoms with E-state index in [9.17, 15) is 14.4 Å². The van der Waals surface area contributed by atoms with E-state index in [0.29, 0.717) is 18.7 Å². The van der Waals surface area contributed by atoms with Gasteiger partial charge in [0.1, 0.15) is 0 Å². The molecule has 2 aromatic rings. The molecule has 2 aliphatic heterocycles. The summed E-state index contributed by atoms with van der Waals surface area (Å²) in [6.07, 6.45) is 3.51. The van der Waals surface area contributed by atoms with Crippen molar-refractivity contribution in [2.45, 2.75) is 12.6 Å². The van der Waals surface area contributed by atoms with E-state index in [2.05, 4.69) is 10.3 Å². The number of amides is 3. The lowest BCUT2D eigenvalue weighted by molar-refractivity contribution is -0.125. The number of hydrogen-bond acceptors (Lipinski definition) is 6. The van der Waals surface area contributed by atoms with Crippen molar-refractivity contribution >= 4 is 41.2 Å². The molecule has 2 aliphatic rings. The fourth-order valence-electron chi connectivity index (χ4n) is 3.50. The lowest BCUT2D eigenvalue weighted by atomic mass is 10.0. The van der Waals surface area contributed by atoms with Crippen LogP contribution in [0.15, 0.2) is 48.8 Å². The van der Waals surface area contributed by atoms with Gasteiger partial charge in [0, 0.05) is 37.6 Å². The molecule has 1 aromatic heterocycles. The topological polar surface area (TPSA) is 82.6 Å². The molecule has 9 heteroatoms. The van der Waals surface area contributed by atoms with Crippen LogP contribution in [0.4, 0.5) is 4.79 Å². The molecular weight excluding hydrogens is 412 g/mol. The van der Waals surface area contributed by atoms with Crippen LogP contribution in [0.25, 0.3) is 0 Å². The molecular formula is C20H21ClN4O3S. The summed E-state index contributed by atoms with van der Waals surface area (Å²) in [4.78, 5) is 44.2. The van der Waals surface area contributed by atoms with Crippen molar-refractivity contribution in [2.24, 2.45) is 0 Å². The van der Waals surface area contributed by atoms with Gasteiger partial charge in [-0.15, -0.1) is 12.4 Å². The first-order valence-corrected chi connectivity index (χ1v) is 10.1. The number of pyridine rings is 1. The van der Waals surface area contributed by atoms with E-state index in [1.807, 2.05) is 23.1 Å². The molecule has 29 heavy (non-hydrogen) atoms. The SMILES string of the molecule is Cl.O=C1CSC(=O)N1Cc1cccc(C(=O)N2CCNCC2c2cccnc2)c1. The van der Waals surface area contributed by atoms with Crippen molar-refractivity contribution in [3.05, 3.63) is 65.5 Å². The highest BCUT2D eigenvalue weighted by Gasteiger charge is 2.31. The number of carbonyl (C=O) groups excluding carboxylic acids is 3. The number of carbonyl (C=O) groups is 3. The highest BCUT2D eigenvalue weighted by molar-refractivity contribution is 8.14. The first kappa shape index (κ1) is 21.3. The smallest absolute Gasteiger partial charge is 0.289 e. The highest BCUT2D eigenvalue weighted by Crippen LogP contribution is 2.25. The van der Waals surface area contributed by atoms with E-state index < -0.39 is 0 Å². The molecule has 2 fully saturated rings. The fourth-order valence-corrected chi connectivity index (χ4v) is 4.23. The Kier molecular flexibility index (Phi) is 6.89. The second-order valence-electron chi connectivity index (χ2n) is 6.74. The lowest BCUT2D eigenvalue weighted by Crippen LogP contribution is -2.48. The average Bonchev–Trinajstić information content (AvgIpc) is 3.06. The van der Waals surface area contributed by atoms with Gasteiger partial charge in [0.05, 0.1) is 18.3 Å². The van der Waals surface area contributed by atoms with Crippen molar-refractivity contribution in [2.75, 3.05) is 25.4 Å². The van der Waals surface area contributed by atoms with E-state index in [1.165, 1.54) is 4.90 Å². The Morgan fingerprint density at radius 3 is 2.83 bits per heavy atom. The highest BCUT2D eigenvalue weighted by atomic mass is 35.5. The van der Waals surface area contributed by atoms with Crippen molar-refractivity contribution < 1.29 is 14.4 Å². The summed E-state index contributed by atoms with van der Waals surface area (Å²) in [5.74, 6) is -0.0680. The van der Waals surface area contributed by atoms with Gasteiger partial charge < -0.3 is 10.2 Å². The number of imide groups is 1. The molecule has 152 valence electrons. The molecule has 0 saturated carbocycles. The summed E-state index contributed by atoms with van der Waals surface area (Å²) in [5, 5.41) is 3.10. The second kappa shape index (κ2) is 9.39. The number of benzene rings is 1. The fraction of sp³-hybridized carbons (Fsp3) is 0.300. The van der Waals surface area contributed by atoms with Crippen LogP contribution in [0.5, 0.6) is 0 Å². The normalized spacial score (nSPS) is 19.2. The van der Waals surface area contributed by atoms with E-state index in [-0.39, 0.29) is 47.8 Å². The van der Waals surface area contributed by atoms with Crippen molar-refractivity contribution in [1.29, 1.82) is 0 Å². The minimum absolute atomic E-state index is 0. The number of rotatable bonds is 4. The number of thioether (sulfide) groups is 1. The molecule has 3 heterocycles. The summed E-state index contributed by atoms with van der Waals surface area (Å²) < 4.78 is 0. The van der Waals surface area contributed by atoms with Crippen LogP contribution in [0, 0.1) is 0 Å². The third kappa shape index (κ3) is 4.60. The van der Waals surface area contributed by atoms with Crippen LogP contribution in [0.1, 0.15) is 27.5 Å². The Morgan fingerprint density at radius 1 is 1.24 bits per heavy atom. The summed E-state index contributed by atoms with van der Waals surface area (Å²) in [6.45, 7) is 2.20. The van der Waals surface area contributed by atoms with Crippen LogP contribution in [-0.4, -0.2) is 57.2 Å². The minimum atomic E-state index is -0.236. The van der Waals surface area contributed by atoms with Gasteiger partial charge in [0.25, 0.3) is 11.1 Å². The van der Waals surface area contributed by atoms with Gasteiger partial charge in [0.2, 0.25) is 5.91 Å². The number of nitrogens with one attached hydrogen (secondary N) is 1. The first-order valence-electron chi connectivity index (χ1n) is 9.11. The van der Waals surface area contributed by atoms with Gasteiger partial charge in [-0.3, -0.25) is 24.3 Å². The zero-order valence-corrected chi connectivity index (χ0v) is 17.2. The molecule has 0 aliphatic carbocycles. The lowest BCUT2D eigenvalue weighted by Gasteiger charge is -2.36. The van der Waals surface area contributed by atoms with Gasteiger partial charge in [-0.25, -0.2) is 0 Å². The van der Waals surface area contributed by atoms with E-state index in [4.69, 9.17) is 0 Å². The molecule has 2 saturated heterocycles. The van der Waals surface area contributed by atoms with Crippen molar-refractivity contribution in [3.8, 4) is 0 Å². The van der Waals surface area contributed by atoms with Gasteiger partial charge >= 0.3 is 0 Å². The Balaban J connectivity index is 0.00000240. The summed E-state index contributed by atoms with van der Waals surface area (Å²) in [6, 6.07) is 10.9. The summed E-state index contributed by atoms with van der Waals surface area (Å²) >= 11 is 1.01. The number of piperazine rings is 1.